The van der Waals surface area contributed by atoms with Crippen molar-refractivity contribution in [2.75, 3.05) is 5.32 Å². The third-order valence-corrected chi connectivity index (χ3v) is 4.26. The average Bonchev–Trinajstić information content (AvgIpc) is 3.16. The van der Waals surface area contributed by atoms with Gasteiger partial charge in [-0.1, -0.05) is 18.2 Å². The molecule has 0 aliphatic heterocycles. The number of hydrogen-bond donors (Lipinski definition) is 2. The van der Waals surface area contributed by atoms with E-state index < -0.39 is 0 Å². The lowest BCUT2D eigenvalue weighted by Crippen LogP contribution is -2.13. The SMILES string of the molecule is Cc1[nH]c2ccccc2c1C(Nc1cccnc1)c1cnn(C)c1. The van der Waals surface area contributed by atoms with Crippen LogP contribution < -0.4 is 5.32 Å². The van der Waals surface area contributed by atoms with Crippen LogP contribution in [-0.2, 0) is 7.05 Å². The number of benzene rings is 1. The normalized spacial score (nSPS) is 12.4. The number of nitrogens with zero attached hydrogens (tertiary/aromatic N) is 3. The molecule has 0 radical (unpaired) electrons. The van der Waals surface area contributed by atoms with E-state index in [0.717, 1.165) is 22.5 Å². The van der Waals surface area contributed by atoms with Gasteiger partial charge in [0.2, 0.25) is 0 Å². The molecule has 0 fully saturated rings. The second-order valence-corrected chi connectivity index (χ2v) is 5.98. The van der Waals surface area contributed by atoms with Crippen molar-refractivity contribution in [1.82, 2.24) is 19.7 Å². The van der Waals surface area contributed by atoms with Crippen molar-refractivity contribution < 1.29 is 0 Å². The highest BCUT2D eigenvalue weighted by molar-refractivity contribution is 5.86. The Morgan fingerprint density at radius 1 is 1.12 bits per heavy atom. The molecule has 0 spiro atoms. The number of aryl methyl sites for hydroxylation is 2. The molecular formula is C19H19N5. The first kappa shape index (κ1) is 14.5. The van der Waals surface area contributed by atoms with E-state index in [0.29, 0.717) is 0 Å². The molecular weight excluding hydrogens is 298 g/mol. The standard InChI is InChI=1S/C19H19N5/c1-13-18(16-7-3-4-8-17(16)22-13)19(14-10-21-24(2)12-14)23-15-6-5-9-20-11-15/h3-12,19,22-23H,1-2H3. The number of para-hydroxylation sites is 1. The first-order chi connectivity index (χ1) is 11.7. The van der Waals surface area contributed by atoms with Gasteiger partial charge < -0.3 is 10.3 Å². The second-order valence-electron chi connectivity index (χ2n) is 5.98. The Bertz CT molecular complexity index is 968. The van der Waals surface area contributed by atoms with Gasteiger partial charge in [0.1, 0.15) is 0 Å². The molecule has 120 valence electrons. The number of nitrogens with one attached hydrogen (secondary N) is 2. The Balaban J connectivity index is 1.87. The van der Waals surface area contributed by atoms with Crippen LogP contribution in [0.15, 0.2) is 61.2 Å². The van der Waals surface area contributed by atoms with E-state index in [1.165, 1.54) is 10.9 Å². The summed E-state index contributed by atoms with van der Waals surface area (Å²) in [5, 5.41) is 9.18. The molecule has 24 heavy (non-hydrogen) atoms. The van der Waals surface area contributed by atoms with Crippen molar-refractivity contribution in [3.63, 3.8) is 0 Å². The van der Waals surface area contributed by atoms with E-state index in [-0.39, 0.29) is 6.04 Å². The van der Waals surface area contributed by atoms with Gasteiger partial charge in [0.25, 0.3) is 0 Å². The number of aromatic amines is 1. The minimum absolute atomic E-state index is 0.000880. The van der Waals surface area contributed by atoms with Gasteiger partial charge in [0.05, 0.1) is 17.9 Å². The summed E-state index contributed by atoms with van der Waals surface area (Å²) in [4.78, 5) is 7.70. The third-order valence-electron chi connectivity index (χ3n) is 4.26. The minimum Gasteiger partial charge on any atom is -0.373 e. The van der Waals surface area contributed by atoms with Gasteiger partial charge in [-0.3, -0.25) is 9.67 Å². The average molecular weight is 317 g/mol. The highest BCUT2D eigenvalue weighted by Gasteiger charge is 2.22. The largest absolute Gasteiger partial charge is 0.373 e. The molecule has 1 atom stereocenters. The van der Waals surface area contributed by atoms with Crippen molar-refractivity contribution >= 4 is 16.6 Å². The van der Waals surface area contributed by atoms with Crippen LogP contribution in [0.4, 0.5) is 5.69 Å². The highest BCUT2D eigenvalue weighted by Crippen LogP contribution is 2.34. The number of pyridine rings is 1. The fourth-order valence-electron chi connectivity index (χ4n) is 3.20. The van der Waals surface area contributed by atoms with E-state index in [1.54, 1.807) is 6.20 Å². The molecule has 5 nitrogen and oxygen atoms in total. The van der Waals surface area contributed by atoms with Gasteiger partial charge in [-0.2, -0.15) is 5.10 Å². The summed E-state index contributed by atoms with van der Waals surface area (Å²) in [5.41, 5.74) is 5.64. The molecule has 1 aromatic carbocycles. The van der Waals surface area contributed by atoms with Gasteiger partial charge in [0.15, 0.2) is 0 Å². The molecule has 0 amide bonds. The number of rotatable bonds is 4. The lowest BCUT2D eigenvalue weighted by molar-refractivity contribution is 0.766. The molecule has 0 bridgehead atoms. The number of aromatic nitrogens is 4. The third kappa shape index (κ3) is 2.54. The van der Waals surface area contributed by atoms with Crippen molar-refractivity contribution in [1.29, 1.82) is 0 Å². The van der Waals surface area contributed by atoms with E-state index in [2.05, 4.69) is 57.8 Å². The fourth-order valence-corrected chi connectivity index (χ4v) is 3.20. The van der Waals surface area contributed by atoms with Crippen molar-refractivity contribution in [2.45, 2.75) is 13.0 Å². The van der Waals surface area contributed by atoms with Crippen molar-refractivity contribution in [3.8, 4) is 0 Å². The molecule has 0 saturated heterocycles. The van der Waals surface area contributed by atoms with Gasteiger partial charge in [-0.15, -0.1) is 0 Å². The maximum absolute atomic E-state index is 4.35. The van der Waals surface area contributed by atoms with Gasteiger partial charge in [-0.25, -0.2) is 0 Å². The molecule has 4 aromatic rings. The van der Waals surface area contributed by atoms with Gasteiger partial charge in [0, 0.05) is 53.4 Å². The number of H-pyrrole nitrogens is 1. The van der Waals surface area contributed by atoms with E-state index in [4.69, 9.17) is 0 Å². The fraction of sp³-hybridized carbons (Fsp3) is 0.158. The van der Waals surface area contributed by atoms with E-state index in [1.807, 2.05) is 36.3 Å². The van der Waals surface area contributed by atoms with Crippen LogP contribution in [0.1, 0.15) is 22.9 Å². The Morgan fingerprint density at radius 3 is 2.75 bits per heavy atom. The summed E-state index contributed by atoms with van der Waals surface area (Å²) in [6, 6.07) is 12.3. The smallest absolute Gasteiger partial charge is 0.0821 e. The number of anilines is 1. The zero-order chi connectivity index (χ0) is 16.5. The highest BCUT2D eigenvalue weighted by atomic mass is 15.2. The van der Waals surface area contributed by atoms with Crippen LogP contribution in [0, 0.1) is 6.92 Å². The van der Waals surface area contributed by atoms with Crippen LogP contribution in [-0.4, -0.2) is 19.7 Å². The number of fused-ring (bicyclic) bond motifs is 1. The van der Waals surface area contributed by atoms with Crippen LogP contribution in [0.3, 0.4) is 0 Å². The summed E-state index contributed by atoms with van der Waals surface area (Å²) in [5.74, 6) is 0. The molecule has 1 unspecified atom stereocenters. The molecule has 5 heteroatoms. The van der Waals surface area contributed by atoms with Crippen molar-refractivity contribution in [2.24, 2.45) is 7.05 Å². The van der Waals surface area contributed by atoms with Crippen LogP contribution in [0.5, 0.6) is 0 Å². The summed E-state index contributed by atoms with van der Waals surface area (Å²) in [7, 11) is 1.94. The minimum atomic E-state index is -0.000880. The van der Waals surface area contributed by atoms with E-state index >= 15 is 0 Å². The zero-order valence-electron chi connectivity index (χ0n) is 13.7. The zero-order valence-corrected chi connectivity index (χ0v) is 13.7. The molecule has 3 aromatic heterocycles. The first-order valence-electron chi connectivity index (χ1n) is 7.94. The summed E-state index contributed by atoms with van der Waals surface area (Å²) >= 11 is 0. The topological polar surface area (TPSA) is 58.5 Å². The van der Waals surface area contributed by atoms with Gasteiger partial charge >= 0.3 is 0 Å². The van der Waals surface area contributed by atoms with Crippen LogP contribution in [0.25, 0.3) is 10.9 Å². The first-order valence-corrected chi connectivity index (χ1v) is 7.94. The van der Waals surface area contributed by atoms with Crippen LogP contribution >= 0.6 is 0 Å². The monoisotopic (exact) mass is 317 g/mol. The molecule has 0 saturated carbocycles. The Hall–Kier alpha value is -3.08. The predicted octanol–water partition coefficient (Wildman–Crippen LogP) is 3.81. The Morgan fingerprint density at radius 2 is 2.00 bits per heavy atom. The van der Waals surface area contributed by atoms with Gasteiger partial charge in [-0.05, 0) is 25.1 Å². The lowest BCUT2D eigenvalue weighted by atomic mass is 9.98. The summed E-state index contributed by atoms with van der Waals surface area (Å²) in [6.45, 7) is 2.11. The van der Waals surface area contributed by atoms with Crippen molar-refractivity contribution in [3.05, 3.63) is 78.0 Å². The lowest BCUT2D eigenvalue weighted by Gasteiger charge is -2.19. The summed E-state index contributed by atoms with van der Waals surface area (Å²) in [6.07, 6.45) is 7.58. The molecule has 3 heterocycles. The van der Waals surface area contributed by atoms with Crippen LogP contribution in [0.2, 0.25) is 0 Å². The summed E-state index contributed by atoms with van der Waals surface area (Å²) < 4.78 is 1.83. The quantitative estimate of drug-likeness (QED) is 0.602. The molecule has 2 N–H and O–H groups in total. The molecule has 0 aliphatic rings. The Labute approximate surface area is 140 Å². The predicted molar refractivity (Wildman–Crippen MR) is 95.9 cm³/mol. The maximum Gasteiger partial charge on any atom is 0.0821 e. The van der Waals surface area contributed by atoms with E-state index in [9.17, 15) is 0 Å². The number of hydrogen-bond acceptors (Lipinski definition) is 3. The molecule has 4 rings (SSSR count). The maximum atomic E-state index is 4.35. The molecule has 0 aliphatic carbocycles. The Kier molecular flexibility index (Phi) is 3.54. The second kappa shape index (κ2) is 5.85.